The predicted molar refractivity (Wildman–Crippen MR) is 130 cm³/mol. The minimum absolute atomic E-state index is 0.0619. The van der Waals surface area contributed by atoms with Crippen molar-refractivity contribution in [2.75, 3.05) is 6.61 Å². The summed E-state index contributed by atoms with van der Waals surface area (Å²) in [4.78, 5) is 11.3. The van der Waals surface area contributed by atoms with Crippen molar-refractivity contribution in [1.82, 2.24) is 4.57 Å². The van der Waals surface area contributed by atoms with Crippen LogP contribution in [0.25, 0.3) is 0 Å². The maximum Gasteiger partial charge on any atom is 0.273 e. The van der Waals surface area contributed by atoms with E-state index in [9.17, 15) is 15.4 Å². The van der Waals surface area contributed by atoms with E-state index in [1.165, 1.54) is 17.7 Å². The van der Waals surface area contributed by atoms with E-state index in [4.69, 9.17) is 4.43 Å². The van der Waals surface area contributed by atoms with Crippen LogP contribution in [0.3, 0.4) is 0 Å². The first-order chi connectivity index (χ1) is 14.4. The third-order valence-electron chi connectivity index (χ3n) is 5.07. The second-order valence-corrected chi connectivity index (χ2v) is 19.2. The largest absolute Gasteiger partial charge is 0.416 e. The molecular formula is C23H33N3O3Si2. The number of hydrogen-bond acceptors (Lipinski definition) is 5. The van der Waals surface area contributed by atoms with Gasteiger partial charge in [0.25, 0.3) is 5.69 Å². The van der Waals surface area contributed by atoms with Gasteiger partial charge in [0.05, 0.1) is 16.6 Å². The number of nitrogens with zero attached hydrogens (tertiary/aromatic N) is 3. The van der Waals surface area contributed by atoms with Crippen LogP contribution in [0.15, 0.2) is 48.5 Å². The minimum Gasteiger partial charge on any atom is -0.416 e. The highest BCUT2D eigenvalue weighted by atomic mass is 28.4. The Morgan fingerprint density at radius 2 is 1.74 bits per heavy atom. The van der Waals surface area contributed by atoms with E-state index in [-0.39, 0.29) is 16.7 Å². The van der Waals surface area contributed by atoms with Gasteiger partial charge in [-0.2, -0.15) is 5.26 Å². The molecule has 0 saturated heterocycles. The summed E-state index contributed by atoms with van der Waals surface area (Å²) in [6.07, 6.45) is 0.807. The molecule has 0 radical (unpaired) electrons. The third-order valence-corrected chi connectivity index (χ3v) is 8.35. The van der Waals surface area contributed by atoms with Crippen LogP contribution >= 0.6 is 0 Å². The molecule has 0 aliphatic rings. The Kier molecular flexibility index (Phi) is 8.31. The fraction of sp³-hybridized carbons (Fsp3) is 0.435. The van der Waals surface area contributed by atoms with E-state index in [1.807, 2.05) is 18.2 Å². The van der Waals surface area contributed by atoms with Gasteiger partial charge in [0.2, 0.25) is 0 Å². The van der Waals surface area contributed by atoms with E-state index in [1.54, 1.807) is 6.07 Å². The van der Waals surface area contributed by atoms with E-state index < -0.39 is 16.6 Å². The van der Waals surface area contributed by atoms with Crippen LogP contribution in [0, 0.1) is 21.4 Å². The van der Waals surface area contributed by atoms with Gasteiger partial charge < -0.3 is 8.99 Å². The van der Waals surface area contributed by atoms with Gasteiger partial charge in [0, 0.05) is 30.8 Å². The molecule has 2 rings (SSSR count). The average Bonchev–Trinajstić information content (AvgIpc) is 2.68. The van der Waals surface area contributed by atoms with E-state index in [2.05, 4.69) is 62.0 Å². The van der Waals surface area contributed by atoms with Crippen LogP contribution in [0.5, 0.6) is 0 Å². The van der Waals surface area contributed by atoms with Gasteiger partial charge >= 0.3 is 0 Å². The lowest BCUT2D eigenvalue weighted by Crippen LogP contribution is -2.54. The molecule has 0 N–H and O–H groups in total. The number of nitriles is 1. The Hall–Kier alpha value is -2.32. The van der Waals surface area contributed by atoms with Crippen molar-refractivity contribution in [3.8, 4) is 6.07 Å². The molecule has 2 aromatic carbocycles. The molecule has 0 aliphatic heterocycles. The van der Waals surface area contributed by atoms with Gasteiger partial charge in [-0.1, -0.05) is 50.0 Å². The molecule has 0 unspecified atom stereocenters. The topological polar surface area (TPSA) is 79.4 Å². The highest BCUT2D eigenvalue weighted by Crippen LogP contribution is 2.27. The lowest BCUT2D eigenvalue weighted by atomic mass is 10.0. The van der Waals surface area contributed by atoms with E-state index in [0.717, 1.165) is 6.42 Å². The van der Waals surface area contributed by atoms with Crippen molar-refractivity contribution in [2.24, 2.45) is 0 Å². The van der Waals surface area contributed by atoms with Gasteiger partial charge in [-0.3, -0.25) is 10.1 Å². The van der Waals surface area contributed by atoms with Crippen molar-refractivity contribution in [3.05, 3.63) is 75.3 Å². The first-order valence-electron chi connectivity index (χ1n) is 10.5. The van der Waals surface area contributed by atoms with Crippen molar-refractivity contribution in [3.63, 3.8) is 0 Å². The zero-order chi connectivity index (χ0) is 23.2. The molecule has 0 saturated carbocycles. The van der Waals surface area contributed by atoms with Gasteiger partial charge in [0.1, 0.15) is 8.24 Å². The molecule has 1 atom stereocenters. The molecule has 2 aromatic rings. The maximum absolute atomic E-state index is 11.7. The van der Waals surface area contributed by atoms with Crippen LogP contribution in [-0.4, -0.2) is 38.7 Å². The Morgan fingerprint density at radius 3 is 2.26 bits per heavy atom. The number of benzene rings is 2. The number of hydrogen-bond donors (Lipinski definition) is 0. The minimum atomic E-state index is -1.90. The van der Waals surface area contributed by atoms with Crippen molar-refractivity contribution in [2.45, 2.75) is 58.3 Å². The summed E-state index contributed by atoms with van der Waals surface area (Å²) in [5, 5.41) is 21.0. The maximum atomic E-state index is 11.7. The second-order valence-electron chi connectivity index (χ2n) is 9.78. The molecule has 8 heteroatoms. The molecule has 0 fully saturated rings. The Bertz CT molecular complexity index is 932. The normalized spacial score (nSPS) is 13.1. The zero-order valence-corrected chi connectivity index (χ0v) is 21.4. The SMILES string of the molecule is C[Si](C)(C)OC[C@@H](Cc1ccccc1)N(Cc1cc(C#N)ccc1[N+](=O)[O-])[Si](C)(C)C. The van der Waals surface area contributed by atoms with Crippen LogP contribution < -0.4 is 0 Å². The fourth-order valence-electron chi connectivity index (χ4n) is 3.55. The molecule has 6 nitrogen and oxygen atoms in total. The van der Waals surface area contributed by atoms with E-state index >= 15 is 0 Å². The van der Waals surface area contributed by atoms with Crippen molar-refractivity contribution < 1.29 is 9.35 Å². The summed E-state index contributed by atoms with van der Waals surface area (Å²) in [5.74, 6) is 0. The zero-order valence-electron chi connectivity index (χ0n) is 19.4. The first-order valence-corrected chi connectivity index (χ1v) is 17.4. The molecule has 166 valence electrons. The number of nitro groups is 1. The molecule has 0 aliphatic carbocycles. The third kappa shape index (κ3) is 7.71. The van der Waals surface area contributed by atoms with Crippen LogP contribution in [0.2, 0.25) is 39.3 Å². The van der Waals surface area contributed by atoms with Crippen molar-refractivity contribution >= 4 is 22.2 Å². The Morgan fingerprint density at radius 1 is 1.10 bits per heavy atom. The van der Waals surface area contributed by atoms with E-state index in [0.29, 0.717) is 24.3 Å². The highest BCUT2D eigenvalue weighted by Gasteiger charge is 2.33. The number of rotatable bonds is 10. The van der Waals surface area contributed by atoms with Gasteiger partial charge in [-0.15, -0.1) is 0 Å². The molecule has 0 spiro atoms. The predicted octanol–water partition coefficient (Wildman–Crippen LogP) is 5.57. The first kappa shape index (κ1) is 24.9. The molecule has 0 amide bonds. The average molecular weight is 456 g/mol. The van der Waals surface area contributed by atoms with Gasteiger partial charge in [-0.05, 0) is 43.8 Å². The Labute approximate surface area is 187 Å². The molecule has 0 bridgehead atoms. The van der Waals surface area contributed by atoms with Crippen molar-refractivity contribution in [1.29, 1.82) is 5.26 Å². The van der Waals surface area contributed by atoms with Gasteiger partial charge in [0.15, 0.2) is 8.32 Å². The second kappa shape index (κ2) is 10.3. The standard InChI is InChI=1S/C23H33N3O3Si2/c1-30(2,3)25(17-21-14-20(16-24)12-13-23(21)26(27)28)22(18-29-31(4,5)6)15-19-10-8-7-9-11-19/h7-14,22H,15,17-18H2,1-6H3/t22-/m1/s1. The lowest BCUT2D eigenvalue weighted by molar-refractivity contribution is -0.385. The summed E-state index contributed by atoms with van der Waals surface area (Å²) in [5.41, 5.74) is 2.30. The summed E-state index contributed by atoms with van der Waals surface area (Å²) >= 11 is 0. The monoisotopic (exact) mass is 455 g/mol. The number of nitro benzene ring substituents is 1. The molecular weight excluding hydrogens is 422 g/mol. The Balaban J connectivity index is 2.46. The lowest BCUT2D eigenvalue weighted by Gasteiger charge is -2.41. The quantitative estimate of drug-likeness (QED) is 0.266. The summed E-state index contributed by atoms with van der Waals surface area (Å²) in [7, 11) is -3.64. The molecule has 0 aromatic heterocycles. The summed E-state index contributed by atoms with van der Waals surface area (Å²) < 4.78 is 8.74. The molecule has 31 heavy (non-hydrogen) atoms. The fourth-order valence-corrected chi connectivity index (χ4v) is 6.15. The van der Waals surface area contributed by atoms with Gasteiger partial charge in [-0.25, -0.2) is 0 Å². The smallest absolute Gasteiger partial charge is 0.273 e. The summed E-state index contributed by atoms with van der Waals surface area (Å²) in [6, 6.07) is 17.1. The molecule has 0 heterocycles. The van der Waals surface area contributed by atoms with Crippen LogP contribution in [0.1, 0.15) is 16.7 Å². The highest BCUT2D eigenvalue weighted by molar-refractivity contribution is 6.73. The van der Waals surface area contributed by atoms with Crippen LogP contribution in [0.4, 0.5) is 5.69 Å². The van der Waals surface area contributed by atoms with Crippen LogP contribution in [-0.2, 0) is 17.4 Å². The summed E-state index contributed by atoms with van der Waals surface area (Å²) in [6.45, 7) is 14.3.